The van der Waals surface area contributed by atoms with E-state index in [1.165, 1.54) is 4.90 Å². The molecule has 0 saturated carbocycles. The Bertz CT molecular complexity index is 268. The third-order valence-electron chi connectivity index (χ3n) is 3.37. The smallest absolute Gasteiger partial charge is 0.234 e. The van der Waals surface area contributed by atoms with E-state index >= 15 is 0 Å². The van der Waals surface area contributed by atoms with Gasteiger partial charge in [-0.1, -0.05) is 0 Å². The highest BCUT2D eigenvalue weighted by Gasteiger charge is 2.50. The number of imide groups is 1. The number of amides is 2. The highest BCUT2D eigenvalue weighted by Crippen LogP contribution is 2.32. The molecule has 2 fully saturated rings. The number of hydrogen-bond donors (Lipinski definition) is 1. The van der Waals surface area contributed by atoms with Crippen molar-refractivity contribution >= 4 is 11.8 Å². The molecule has 0 aromatic heterocycles. The fourth-order valence-electron chi connectivity index (χ4n) is 2.49. The van der Waals surface area contributed by atoms with Gasteiger partial charge in [0, 0.05) is 20.1 Å². The fourth-order valence-corrected chi connectivity index (χ4v) is 2.49. The van der Waals surface area contributed by atoms with Crippen LogP contribution >= 0.6 is 0 Å². The summed E-state index contributed by atoms with van der Waals surface area (Å²) in [7, 11) is 1.58. The van der Waals surface area contributed by atoms with Crippen LogP contribution in [0.15, 0.2) is 0 Å². The summed E-state index contributed by atoms with van der Waals surface area (Å²) in [6.07, 6.45) is 0.928. The van der Waals surface area contributed by atoms with Gasteiger partial charge in [0.15, 0.2) is 0 Å². The number of hydrogen-bond acceptors (Lipinski definition) is 4. The van der Waals surface area contributed by atoms with Gasteiger partial charge in [-0.3, -0.25) is 14.5 Å². The van der Waals surface area contributed by atoms with E-state index < -0.39 is 0 Å². The van der Waals surface area contributed by atoms with Crippen LogP contribution in [0.1, 0.15) is 6.42 Å². The molecule has 2 heterocycles. The van der Waals surface area contributed by atoms with Crippen molar-refractivity contribution in [1.29, 1.82) is 0 Å². The Kier molecular flexibility index (Phi) is 2.75. The molecule has 0 bridgehead atoms. The van der Waals surface area contributed by atoms with E-state index in [4.69, 9.17) is 5.73 Å². The van der Waals surface area contributed by atoms with Crippen LogP contribution in [0.25, 0.3) is 0 Å². The van der Waals surface area contributed by atoms with E-state index in [0.29, 0.717) is 6.54 Å². The summed E-state index contributed by atoms with van der Waals surface area (Å²) in [5.74, 6) is -0.221. The molecule has 2 rings (SSSR count). The molecule has 2 N–H and O–H groups in total. The predicted molar refractivity (Wildman–Crippen MR) is 54.9 cm³/mol. The van der Waals surface area contributed by atoms with Crippen LogP contribution in [0.3, 0.4) is 0 Å². The molecule has 5 nitrogen and oxygen atoms in total. The van der Waals surface area contributed by atoms with E-state index in [9.17, 15) is 9.59 Å². The van der Waals surface area contributed by atoms with E-state index in [-0.39, 0.29) is 23.7 Å². The first-order valence-corrected chi connectivity index (χ1v) is 5.39. The minimum Gasteiger partial charge on any atom is -0.330 e. The van der Waals surface area contributed by atoms with Crippen molar-refractivity contribution in [1.82, 2.24) is 9.80 Å². The Balaban J connectivity index is 1.99. The van der Waals surface area contributed by atoms with Gasteiger partial charge < -0.3 is 10.6 Å². The summed E-state index contributed by atoms with van der Waals surface area (Å²) in [5.41, 5.74) is 5.43. The molecule has 2 saturated heterocycles. The van der Waals surface area contributed by atoms with Crippen molar-refractivity contribution in [2.45, 2.75) is 6.42 Å². The van der Waals surface area contributed by atoms with E-state index in [2.05, 4.69) is 4.90 Å². The van der Waals surface area contributed by atoms with Crippen LogP contribution in [0.4, 0.5) is 0 Å². The molecule has 2 aliphatic heterocycles. The summed E-state index contributed by atoms with van der Waals surface area (Å²) in [4.78, 5) is 26.8. The standard InChI is InChI=1S/C10H17N3O2/c1-12-9(14)7-5-13(4-2-3-11)6-8(7)10(12)15/h7-8H,2-6,11H2,1H3/t7-,8-/m0/s1. The van der Waals surface area contributed by atoms with Crippen LogP contribution in [0.2, 0.25) is 0 Å². The summed E-state index contributed by atoms with van der Waals surface area (Å²) in [5, 5.41) is 0. The van der Waals surface area contributed by atoms with Crippen LogP contribution in [-0.4, -0.2) is 54.8 Å². The second kappa shape index (κ2) is 3.90. The number of fused-ring (bicyclic) bond motifs is 1. The number of carbonyl (C=O) groups is 2. The predicted octanol–water partition coefficient (Wildman–Crippen LogP) is -1.12. The lowest BCUT2D eigenvalue weighted by atomic mass is 10.00. The Hall–Kier alpha value is -0.940. The first kappa shape index (κ1) is 10.6. The average Bonchev–Trinajstić information content (AvgIpc) is 2.73. The molecule has 0 aromatic rings. The van der Waals surface area contributed by atoms with E-state index in [1.54, 1.807) is 7.05 Å². The van der Waals surface area contributed by atoms with Crippen molar-refractivity contribution in [2.75, 3.05) is 33.2 Å². The van der Waals surface area contributed by atoms with Gasteiger partial charge >= 0.3 is 0 Å². The van der Waals surface area contributed by atoms with Crippen LogP contribution in [0, 0.1) is 11.8 Å². The van der Waals surface area contributed by atoms with Crippen molar-refractivity contribution in [3.05, 3.63) is 0 Å². The van der Waals surface area contributed by atoms with Crippen LogP contribution in [0.5, 0.6) is 0 Å². The molecule has 2 amide bonds. The summed E-state index contributed by atoms with van der Waals surface area (Å²) < 4.78 is 0. The highest BCUT2D eigenvalue weighted by atomic mass is 16.2. The summed E-state index contributed by atoms with van der Waals surface area (Å²) in [6.45, 7) is 3.00. The zero-order valence-electron chi connectivity index (χ0n) is 8.98. The third kappa shape index (κ3) is 1.66. The fraction of sp³-hybridized carbons (Fsp3) is 0.800. The normalized spacial score (nSPS) is 31.5. The largest absolute Gasteiger partial charge is 0.330 e. The van der Waals surface area contributed by atoms with Gasteiger partial charge in [-0.05, 0) is 19.5 Å². The van der Waals surface area contributed by atoms with Gasteiger partial charge in [0.05, 0.1) is 11.8 Å². The molecule has 15 heavy (non-hydrogen) atoms. The van der Waals surface area contributed by atoms with Crippen molar-refractivity contribution in [2.24, 2.45) is 17.6 Å². The molecule has 84 valence electrons. The highest BCUT2D eigenvalue weighted by molar-refractivity contribution is 6.05. The minimum absolute atomic E-state index is 0.0137. The maximum absolute atomic E-state index is 11.7. The molecule has 5 heteroatoms. The first-order valence-electron chi connectivity index (χ1n) is 5.39. The third-order valence-corrected chi connectivity index (χ3v) is 3.37. The van der Waals surface area contributed by atoms with Gasteiger partial charge in [0.1, 0.15) is 0 Å². The average molecular weight is 211 g/mol. The number of nitrogens with two attached hydrogens (primary N) is 1. The molecular formula is C10H17N3O2. The molecule has 0 aromatic carbocycles. The van der Waals surface area contributed by atoms with Crippen LogP contribution in [-0.2, 0) is 9.59 Å². The zero-order valence-corrected chi connectivity index (χ0v) is 8.98. The van der Waals surface area contributed by atoms with Gasteiger partial charge in [0.25, 0.3) is 0 Å². The second-order valence-electron chi connectivity index (χ2n) is 4.35. The lowest BCUT2D eigenvalue weighted by molar-refractivity contribution is -0.138. The monoisotopic (exact) mass is 211 g/mol. The Morgan fingerprint density at radius 2 is 1.80 bits per heavy atom. The van der Waals surface area contributed by atoms with Gasteiger partial charge in [-0.25, -0.2) is 0 Å². The lowest BCUT2D eigenvalue weighted by Gasteiger charge is -2.17. The molecule has 0 radical (unpaired) electrons. The lowest BCUT2D eigenvalue weighted by Crippen LogP contribution is -2.33. The van der Waals surface area contributed by atoms with Crippen molar-refractivity contribution < 1.29 is 9.59 Å². The molecule has 2 atom stereocenters. The number of carbonyl (C=O) groups excluding carboxylic acids is 2. The minimum atomic E-state index is -0.0970. The van der Waals surface area contributed by atoms with Gasteiger partial charge in [-0.2, -0.15) is 0 Å². The maximum Gasteiger partial charge on any atom is 0.234 e. The van der Waals surface area contributed by atoms with Gasteiger partial charge in [-0.15, -0.1) is 0 Å². The van der Waals surface area contributed by atoms with Crippen molar-refractivity contribution in [3.8, 4) is 0 Å². The SMILES string of the molecule is CN1C(=O)[C@H]2CN(CCCN)C[C@@H]2C1=O. The number of rotatable bonds is 3. The Morgan fingerprint density at radius 1 is 1.27 bits per heavy atom. The summed E-state index contributed by atoms with van der Waals surface area (Å²) >= 11 is 0. The van der Waals surface area contributed by atoms with Crippen LogP contribution < -0.4 is 5.73 Å². The van der Waals surface area contributed by atoms with Crippen molar-refractivity contribution in [3.63, 3.8) is 0 Å². The Morgan fingerprint density at radius 3 is 2.27 bits per heavy atom. The first-order chi connectivity index (χ1) is 7.15. The zero-order chi connectivity index (χ0) is 11.0. The molecular weight excluding hydrogens is 194 g/mol. The van der Waals surface area contributed by atoms with E-state index in [1.807, 2.05) is 0 Å². The molecule has 0 spiro atoms. The number of likely N-dealkylation sites (tertiary alicyclic amines) is 2. The summed E-state index contributed by atoms with van der Waals surface area (Å²) in [6, 6.07) is 0. The molecule has 2 aliphatic rings. The maximum atomic E-state index is 11.7. The molecule has 0 aliphatic carbocycles. The van der Waals surface area contributed by atoms with E-state index in [0.717, 1.165) is 26.1 Å². The number of nitrogens with zero attached hydrogens (tertiary/aromatic N) is 2. The van der Waals surface area contributed by atoms with Gasteiger partial charge in [0.2, 0.25) is 11.8 Å². The Labute approximate surface area is 89.2 Å². The topological polar surface area (TPSA) is 66.6 Å². The molecule has 0 unspecified atom stereocenters. The second-order valence-corrected chi connectivity index (χ2v) is 4.35. The quantitative estimate of drug-likeness (QED) is 0.601.